The number of pyridine rings is 1. The van der Waals surface area contributed by atoms with Gasteiger partial charge in [-0.1, -0.05) is 25.0 Å². The zero-order chi connectivity index (χ0) is 27.4. The molecule has 2 saturated heterocycles. The Morgan fingerprint density at radius 3 is 2.92 bits per heavy atom. The average molecular weight is 540 g/mol. The average Bonchev–Trinajstić information content (AvgIpc) is 3.37. The van der Waals surface area contributed by atoms with Gasteiger partial charge in [0.25, 0.3) is 0 Å². The number of benzene rings is 1. The molecular formula is C31H42FN3O4. The van der Waals surface area contributed by atoms with Crippen molar-refractivity contribution in [3.05, 3.63) is 58.5 Å². The van der Waals surface area contributed by atoms with Crippen molar-refractivity contribution in [3.63, 3.8) is 0 Å². The van der Waals surface area contributed by atoms with Gasteiger partial charge in [0.05, 0.1) is 18.8 Å². The van der Waals surface area contributed by atoms with E-state index in [0.717, 1.165) is 63.0 Å². The molecule has 0 aliphatic carbocycles. The second-order valence-electron chi connectivity index (χ2n) is 12.0. The highest BCUT2D eigenvalue weighted by Crippen LogP contribution is 2.37. The van der Waals surface area contributed by atoms with E-state index in [2.05, 4.69) is 17.4 Å². The molecular weight excluding hydrogens is 497 g/mol. The van der Waals surface area contributed by atoms with E-state index in [4.69, 9.17) is 14.5 Å². The summed E-state index contributed by atoms with van der Waals surface area (Å²) in [7, 11) is 0. The Morgan fingerprint density at radius 1 is 1.26 bits per heavy atom. The van der Waals surface area contributed by atoms with Crippen LogP contribution in [-0.2, 0) is 27.1 Å². The first kappa shape index (κ1) is 28.0. The van der Waals surface area contributed by atoms with Crippen LogP contribution in [0, 0.1) is 11.7 Å². The lowest BCUT2D eigenvalue weighted by atomic mass is 9.94. The van der Waals surface area contributed by atoms with Crippen molar-refractivity contribution in [1.29, 1.82) is 0 Å². The van der Waals surface area contributed by atoms with Gasteiger partial charge >= 0.3 is 5.97 Å². The SMILES string of the molecule is CC1(C)COC(c2ccc(F)cc2C(C(=O)O)N2CC[C@@H](CCCCCc3ccc4c(n3)NCCC4)C2)CO1. The summed E-state index contributed by atoms with van der Waals surface area (Å²) in [6, 6.07) is 7.89. The molecule has 1 aromatic heterocycles. The predicted molar refractivity (Wildman–Crippen MR) is 148 cm³/mol. The summed E-state index contributed by atoms with van der Waals surface area (Å²) >= 11 is 0. The summed E-state index contributed by atoms with van der Waals surface area (Å²) in [6.07, 6.45) is 8.25. The summed E-state index contributed by atoms with van der Waals surface area (Å²) in [4.78, 5) is 19.3. The third-order valence-corrected chi connectivity index (χ3v) is 8.36. The fourth-order valence-electron chi connectivity index (χ4n) is 6.19. The molecule has 8 heteroatoms. The van der Waals surface area contributed by atoms with Crippen molar-refractivity contribution in [1.82, 2.24) is 9.88 Å². The molecule has 0 bridgehead atoms. The number of aryl methyl sites for hydroxylation is 2. The second-order valence-corrected chi connectivity index (χ2v) is 12.0. The number of aromatic nitrogens is 1. The van der Waals surface area contributed by atoms with Gasteiger partial charge in [0.1, 0.15) is 23.8 Å². The molecule has 0 radical (unpaired) electrons. The van der Waals surface area contributed by atoms with Crippen LogP contribution in [0.3, 0.4) is 0 Å². The zero-order valence-electron chi connectivity index (χ0n) is 23.3. The lowest BCUT2D eigenvalue weighted by molar-refractivity contribution is -0.177. The van der Waals surface area contributed by atoms with Crippen molar-refractivity contribution in [2.75, 3.05) is 38.2 Å². The maximum atomic E-state index is 14.4. The Morgan fingerprint density at radius 2 is 2.13 bits per heavy atom. The molecule has 5 rings (SSSR count). The largest absolute Gasteiger partial charge is 0.480 e. The van der Waals surface area contributed by atoms with Gasteiger partial charge in [-0.15, -0.1) is 0 Å². The highest BCUT2D eigenvalue weighted by Gasteiger charge is 2.37. The molecule has 2 aromatic rings. The molecule has 3 atom stereocenters. The lowest BCUT2D eigenvalue weighted by Gasteiger charge is -2.36. The number of nitrogens with one attached hydrogen (secondary N) is 1. The van der Waals surface area contributed by atoms with Gasteiger partial charge < -0.3 is 19.9 Å². The minimum atomic E-state index is -0.952. The van der Waals surface area contributed by atoms with E-state index in [1.165, 1.54) is 24.1 Å². The van der Waals surface area contributed by atoms with Crippen LogP contribution in [0.4, 0.5) is 10.2 Å². The molecule has 3 aliphatic rings. The fraction of sp³-hybridized carbons (Fsp3) is 0.613. The fourth-order valence-corrected chi connectivity index (χ4v) is 6.19. The van der Waals surface area contributed by atoms with Gasteiger partial charge in [0, 0.05) is 18.8 Å². The summed E-state index contributed by atoms with van der Waals surface area (Å²) < 4.78 is 26.4. The van der Waals surface area contributed by atoms with Crippen LogP contribution in [-0.4, -0.2) is 59.4 Å². The molecule has 3 aliphatic heterocycles. The number of anilines is 1. The van der Waals surface area contributed by atoms with Crippen LogP contribution in [0.1, 0.15) is 86.9 Å². The first-order chi connectivity index (χ1) is 18.8. The van der Waals surface area contributed by atoms with Crippen LogP contribution in [0.15, 0.2) is 30.3 Å². The van der Waals surface area contributed by atoms with Crippen molar-refractivity contribution in [2.24, 2.45) is 5.92 Å². The lowest BCUT2D eigenvalue weighted by Crippen LogP contribution is -2.40. The maximum absolute atomic E-state index is 14.4. The Bertz CT molecular complexity index is 1150. The van der Waals surface area contributed by atoms with E-state index in [0.29, 0.717) is 43.3 Å². The topological polar surface area (TPSA) is 83.9 Å². The smallest absolute Gasteiger partial charge is 0.325 e. The molecule has 0 spiro atoms. The number of aliphatic carboxylic acids is 1. The number of likely N-dealkylation sites (tertiary alicyclic amines) is 1. The number of unbranched alkanes of at least 4 members (excludes halogenated alkanes) is 2. The number of carboxylic acid groups (broad SMARTS) is 1. The minimum Gasteiger partial charge on any atom is -0.480 e. The molecule has 2 N–H and O–H groups in total. The molecule has 1 aromatic carbocycles. The van der Waals surface area contributed by atoms with Crippen molar-refractivity contribution in [3.8, 4) is 0 Å². The highest BCUT2D eigenvalue weighted by molar-refractivity contribution is 5.76. The number of carbonyl (C=O) groups is 1. The van der Waals surface area contributed by atoms with Crippen LogP contribution in [0.5, 0.6) is 0 Å². The number of nitrogens with zero attached hydrogens (tertiary/aromatic N) is 2. The number of fused-ring (bicyclic) bond motifs is 1. The second kappa shape index (κ2) is 12.3. The third-order valence-electron chi connectivity index (χ3n) is 8.36. The molecule has 39 heavy (non-hydrogen) atoms. The van der Waals surface area contributed by atoms with E-state index in [1.807, 2.05) is 18.7 Å². The van der Waals surface area contributed by atoms with Gasteiger partial charge in [-0.05, 0) is 99.7 Å². The summed E-state index contributed by atoms with van der Waals surface area (Å²) in [5.41, 5.74) is 3.27. The number of ether oxygens (including phenoxy) is 2. The van der Waals surface area contributed by atoms with Crippen LogP contribution in [0.25, 0.3) is 0 Å². The monoisotopic (exact) mass is 539 g/mol. The molecule has 2 fully saturated rings. The number of halogens is 1. The van der Waals surface area contributed by atoms with Gasteiger partial charge in [-0.25, -0.2) is 9.37 Å². The first-order valence-electron chi connectivity index (χ1n) is 14.5. The molecule has 0 saturated carbocycles. The van der Waals surface area contributed by atoms with Gasteiger partial charge in [0.2, 0.25) is 0 Å². The van der Waals surface area contributed by atoms with Crippen molar-refractivity contribution < 1.29 is 23.8 Å². The summed E-state index contributed by atoms with van der Waals surface area (Å²) in [6.45, 7) is 7.05. The Balaban J connectivity index is 1.14. The normalized spacial score (nSPS) is 23.7. The molecule has 212 valence electrons. The molecule has 0 amide bonds. The molecule has 7 nitrogen and oxygen atoms in total. The number of rotatable bonds is 10. The number of hydrogen-bond acceptors (Lipinski definition) is 6. The van der Waals surface area contributed by atoms with Gasteiger partial charge in [-0.3, -0.25) is 9.69 Å². The van der Waals surface area contributed by atoms with Crippen LogP contribution < -0.4 is 5.32 Å². The standard InChI is InChI=1S/C31H42FN3O4/c1-31(2)20-38-27(19-39-31)25-13-11-23(32)17-26(25)28(30(36)37)35-16-14-21(18-35)7-4-3-5-9-24-12-10-22-8-6-15-33-29(22)34-24/h10-13,17,21,27-28H,3-9,14-16,18-20H2,1-2H3,(H,33,34)(H,36,37)/t21-,27?,28?/m1/s1. The van der Waals surface area contributed by atoms with Crippen molar-refractivity contribution >= 4 is 11.8 Å². The van der Waals surface area contributed by atoms with Gasteiger partial charge in [-0.2, -0.15) is 0 Å². The van der Waals surface area contributed by atoms with Gasteiger partial charge in [0.15, 0.2) is 0 Å². The van der Waals surface area contributed by atoms with Crippen molar-refractivity contribution in [2.45, 2.75) is 83.0 Å². The highest BCUT2D eigenvalue weighted by atomic mass is 19.1. The predicted octanol–water partition coefficient (Wildman–Crippen LogP) is 5.70. The Kier molecular flexibility index (Phi) is 8.84. The van der Waals surface area contributed by atoms with E-state index in [-0.39, 0.29) is 5.60 Å². The Labute approximate surface area is 231 Å². The Hall–Kier alpha value is -2.55. The van der Waals surface area contributed by atoms with Crippen LogP contribution >= 0.6 is 0 Å². The summed E-state index contributed by atoms with van der Waals surface area (Å²) in [5, 5.41) is 13.7. The number of carboxylic acids is 1. The first-order valence-corrected chi connectivity index (χ1v) is 14.5. The maximum Gasteiger partial charge on any atom is 0.325 e. The summed E-state index contributed by atoms with van der Waals surface area (Å²) in [5.74, 6) is 0.124. The van der Waals surface area contributed by atoms with E-state index in [1.54, 1.807) is 6.07 Å². The van der Waals surface area contributed by atoms with E-state index < -0.39 is 23.9 Å². The third kappa shape index (κ3) is 6.97. The number of hydrogen-bond donors (Lipinski definition) is 2. The van der Waals surface area contributed by atoms with E-state index >= 15 is 0 Å². The minimum absolute atomic E-state index is 0.318. The van der Waals surface area contributed by atoms with Crippen LogP contribution in [0.2, 0.25) is 0 Å². The quantitative estimate of drug-likeness (QED) is 0.375. The zero-order valence-corrected chi connectivity index (χ0v) is 23.3. The van der Waals surface area contributed by atoms with E-state index in [9.17, 15) is 14.3 Å². The molecule has 4 heterocycles. The molecule has 2 unspecified atom stereocenters.